The summed E-state index contributed by atoms with van der Waals surface area (Å²) in [7, 11) is 0. The summed E-state index contributed by atoms with van der Waals surface area (Å²) in [6.07, 6.45) is 2.06. The highest BCUT2D eigenvalue weighted by molar-refractivity contribution is 8.02. The molecule has 316 valence electrons. The molecule has 15 nitrogen and oxygen atoms in total. The Bertz CT molecular complexity index is 2590. The van der Waals surface area contributed by atoms with Crippen molar-refractivity contribution in [1.29, 1.82) is 0 Å². The largest absolute Gasteiger partial charge is 0.491 e. The Morgan fingerprint density at radius 2 is 1.77 bits per heavy atom. The lowest BCUT2D eigenvalue weighted by molar-refractivity contribution is -0.136. The molecule has 3 amide bonds. The minimum absolute atomic E-state index is 0.0637. The fourth-order valence-electron chi connectivity index (χ4n) is 7.80. The molecule has 3 aromatic carbocycles. The van der Waals surface area contributed by atoms with Crippen LogP contribution < -0.4 is 26.2 Å². The second kappa shape index (κ2) is 18.8. The number of benzene rings is 3. The van der Waals surface area contributed by atoms with Crippen LogP contribution in [0.4, 0.5) is 11.4 Å². The number of aliphatic imine (C=N–C) groups is 1. The van der Waals surface area contributed by atoms with Crippen molar-refractivity contribution in [2.45, 2.75) is 51.1 Å². The Labute approximate surface area is 360 Å². The van der Waals surface area contributed by atoms with Crippen molar-refractivity contribution in [3.63, 3.8) is 0 Å². The number of ether oxygens (including phenoxy) is 3. The van der Waals surface area contributed by atoms with E-state index >= 15 is 0 Å². The highest BCUT2D eigenvalue weighted by Gasteiger charge is 2.39. The van der Waals surface area contributed by atoms with Crippen molar-refractivity contribution in [2.24, 2.45) is 10.9 Å². The molecule has 3 unspecified atom stereocenters. The normalized spacial score (nSPS) is 18.4. The van der Waals surface area contributed by atoms with Crippen LogP contribution >= 0.6 is 23.4 Å². The van der Waals surface area contributed by atoms with E-state index in [-0.39, 0.29) is 47.9 Å². The molecule has 5 heterocycles. The van der Waals surface area contributed by atoms with Crippen molar-refractivity contribution in [2.75, 3.05) is 50.2 Å². The van der Waals surface area contributed by atoms with Gasteiger partial charge < -0.3 is 29.4 Å². The smallest absolute Gasteiger partial charge is 0.275 e. The molecule has 0 saturated carbocycles. The molecule has 5 aromatic rings. The molecule has 0 radical (unpaired) electrons. The van der Waals surface area contributed by atoms with E-state index in [1.165, 1.54) is 5.57 Å². The zero-order valence-corrected chi connectivity index (χ0v) is 35.3. The van der Waals surface area contributed by atoms with E-state index in [2.05, 4.69) is 37.9 Å². The topological polar surface area (TPSA) is 180 Å². The number of nitrogens with one attached hydrogen (secondary N) is 3. The Hall–Kier alpha value is -5.81. The number of thioether (sulfide) groups is 1. The minimum Gasteiger partial charge on any atom is -0.491 e. The summed E-state index contributed by atoms with van der Waals surface area (Å²) in [6.45, 7) is 6.99. The van der Waals surface area contributed by atoms with Gasteiger partial charge >= 0.3 is 0 Å². The fourth-order valence-corrected chi connectivity index (χ4v) is 9.33. The van der Waals surface area contributed by atoms with E-state index in [9.17, 15) is 19.2 Å². The summed E-state index contributed by atoms with van der Waals surface area (Å²) < 4.78 is 20.7. The Kier molecular flexibility index (Phi) is 12.9. The Morgan fingerprint density at radius 3 is 2.59 bits per heavy atom. The van der Waals surface area contributed by atoms with Gasteiger partial charge in [-0.2, -0.15) is 5.10 Å². The van der Waals surface area contributed by atoms with Gasteiger partial charge in [0.25, 0.3) is 11.5 Å². The quantitative estimate of drug-likeness (QED) is 0.0782. The number of allylic oxidation sites excluding steroid dienone is 1. The Balaban J connectivity index is 0.747. The predicted molar refractivity (Wildman–Crippen MR) is 234 cm³/mol. The summed E-state index contributed by atoms with van der Waals surface area (Å²) in [5, 5.41) is 16.8. The number of fused-ring (bicyclic) bond motifs is 4. The van der Waals surface area contributed by atoms with Gasteiger partial charge in [0.2, 0.25) is 11.8 Å². The number of carbonyl (C=O) groups excluding carboxylic acids is 3. The number of imide groups is 1. The number of imidazole rings is 1. The molecule has 1 saturated heterocycles. The molecular formula is C44H45ClN8O7S. The number of hydrogen-bond donors (Lipinski definition) is 3. The monoisotopic (exact) mass is 864 g/mol. The number of halogens is 1. The van der Waals surface area contributed by atoms with Crippen LogP contribution in [-0.4, -0.2) is 82.3 Å². The third-order valence-electron chi connectivity index (χ3n) is 10.7. The van der Waals surface area contributed by atoms with Crippen LogP contribution in [0.25, 0.3) is 10.8 Å². The third-order valence-corrected chi connectivity index (χ3v) is 12.3. The van der Waals surface area contributed by atoms with Crippen LogP contribution in [0.5, 0.6) is 5.75 Å². The van der Waals surface area contributed by atoms with Crippen molar-refractivity contribution in [3.8, 4) is 5.75 Å². The summed E-state index contributed by atoms with van der Waals surface area (Å²) in [5.41, 5.74) is 6.01. The lowest BCUT2D eigenvalue weighted by atomic mass is 9.91. The van der Waals surface area contributed by atoms with Gasteiger partial charge in [-0.1, -0.05) is 35.4 Å². The average Bonchev–Trinajstić information content (AvgIpc) is 3.69. The first-order valence-corrected chi connectivity index (χ1v) is 21.4. The number of rotatable bonds is 16. The third kappa shape index (κ3) is 9.57. The number of carbonyl (C=O) groups is 3. The molecule has 61 heavy (non-hydrogen) atoms. The van der Waals surface area contributed by atoms with E-state index < -0.39 is 11.9 Å². The highest BCUT2D eigenvalue weighted by Crippen LogP contribution is 2.48. The van der Waals surface area contributed by atoms with Gasteiger partial charge in [-0.15, -0.1) is 11.8 Å². The maximum atomic E-state index is 13.4. The van der Waals surface area contributed by atoms with E-state index in [4.69, 9.17) is 35.8 Å². The first-order chi connectivity index (χ1) is 29.6. The van der Waals surface area contributed by atoms with Crippen molar-refractivity contribution in [3.05, 3.63) is 122 Å². The number of hydrogen-bond acceptors (Lipinski definition) is 12. The molecular weight excluding hydrogens is 820 g/mol. The number of aromatic nitrogens is 4. The van der Waals surface area contributed by atoms with E-state index in [1.807, 2.05) is 55.5 Å². The van der Waals surface area contributed by atoms with Crippen molar-refractivity contribution < 1.29 is 28.6 Å². The van der Waals surface area contributed by atoms with Gasteiger partial charge in [-0.3, -0.25) is 29.5 Å². The lowest BCUT2D eigenvalue weighted by Gasteiger charge is -2.24. The first-order valence-electron chi connectivity index (χ1n) is 20.1. The van der Waals surface area contributed by atoms with Gasteiger partial charge in [-0.25, -0.2) is 9.67 Å². The standard InChI is InChI=1S/C44H45ClN8O7S/c1-26-25-61-44-40(26)41(28-6-8-30(45)9-7-28)47-24-37-35(49-27(2)52(37)44)22-39(55)50-32-4-3-5-33(21-32)60-19-18-59-17-16-58-15-14-46-31-10-11-34-29(20-31)23-48-53(43(34)57)36-12-13-38(54)51-42(36)56/h3-11,20-21,23,25,36,40,44,46H,12-19,22,24H2,1-2H3,(H,50,55)(H,51,54,56). The van der Waals surface area contributed by atoms with Gasteiger partial charge in [0, 0.05) is 40.8 Å². The maximum absolute atomic E-state index is 13.4. The molecule has 3 atom stereocenters. The van der Waals surface area contributed by atoms with Gasteiger partial charge in [0.15, 0.2) is 0 Å². The van der Waals surface area contributed by atoms with Crippen LogP contribution in [0.15, 0.2) is 93.7 Å². The van der Waals surface area contributed by atoms with Crippen LogP contribution in [0, 0.1) is 12.8 Å². The summed E-state index contributed by atoms with van der Waals surface area (Å²) in [4.78, 5) is 60.1. The SMILES string of the molecule is CC1=CSC2C1C(c1ccc(Cl)cc1)=NCc1c(CC(=O)Nc3cccc(OCCOCCOCCNc4ccc5c(=O)n(C6CCC(=O)NC6=O)ncc5c4)c3)nc(C)n12. The number of nitrogens with zero attached hydrogens (tertiary/aromatic N) is 5. The summed E-state index contributed by atoms with van der Waals surface area (Å²) in [5.74, 6) is 0.509. The maximum Gasteiger partial charge on any atom is 0.275 e. The molecule has 3 N–H and O–H groups in total. The second-order valence-corrected chi connectivity index (χ2v) is 16.3. The molecule has 17 heteroatoms. The summed E-state index contributed by atoms with van der Waals surface area (Å²) in [6, 6.07) is 19.6. The average molecular weight is 865 g/mol. The molecule has 2 aromatic heterocycles. The van der Waals surface area contributed by atoms with Crippen LogP contribution in [-0.2, 0) is 36.8 Å². The number of anilines is 2. The molecule has 0 spiro atoms. The molecule has 3 aliphatic rings. The number of aryl methyl sites for hydroxylation is 1. The van der Waals surface area contributed by atoms with Crippen molar-refractivity contribution in [1.82, 2.24) is 24.6 Å². The van der Waals surface area contributed by atoms with Gasteiger partial charge in [0.1, 0.15) is 24.2 Å². The van der Waals surface area contributed by atoms with Crippen LogP contribution in [0.3, 0.4) is 0 Å². The van der Waals surface area contributed by atoms with Gasteiger partial charge in [0.05, 0.1) is 79.4 Å². The second-order valence-electron chi connectivity index (χ2n) is 14.9. The van der Waals surface area contributed by atoms with Crippen LogP contribution in [0.2, 0.25) is 5.02 Å². The zero-order chi connectivity index (χ0) is 42.5. The van der Waals surface area contributed by atoms with E-state index in [0.717, 1.165) is 38.9 Å². The van der Waals surface area contributed by atoms with Gasteiger partial charge in [-0.05, 0) is 73.7 Å². The zero-order valence-electron chi connectivity index (χ0n) is 33.7. The molecule has 0 aliphatic carbocycles. The number of piperidine rings is 1. The Morgan fingerprint density at radius 1 is 0.967 bits per heavy atom. The van der Waals surface area contributed by atoms with Crippen LogP contribution in [0.1, 0.15) is 54.0 Å². The molecule has 1 fully saturated rings. The van der Waals surface area contributed by atoms with Crippen molar-refractivity contribution >= 4 is 68.9 Å². The predicted octanol–water partition coefficient (Wildman–Crippen LogP) is 6.01. The molecule has 0 bridgehead atoms. The molecule has 8 rings (SSSR count). The highest BCUT2D eigenvalue weighted by atomic mass is 35.5. The number of amides is 3. The molecule has 3 aliphatic heterocycles. The van der Waals surface area contributed by atoms with E-state index in [1.54, 1.807) is 36.2 Å². The first kappa shape index (κ1) is 41.9. The minimum atomic E-state index is -0.809. The van der Waals surface area contributed by atoms with E-state index in [0.29, 0.717) is 73.4 Å². The lowest BCUT2D eigenvalue weighted by Crippen LogP contribution is -2.45. The summed E-state index contributed by atoms with van der Waals surface area (Å²) >= 11 is 7.96. The fraction of sp³-hybridized carbons (Fsp3) is 0.341.